The van der Waals surface area contributed by atoms with Gasteiger partial charge in [-0.2, -0.15) is 0 Å². The second-order valence-electron chi connectivity index (χ2n) is 6.88. The minimum atomic E-state index is 0.326. The fraction of sp³-hybridized carbons (Fsp3) is 0.400. The number of aryl methyl sites for hydroxylation is 1. The summed E-state index contributed by atoms with van der Waals surface area (Å²) in [5.74, 6) is 2.44. The maximum absolute atomic E-state index is 4.51. The summed E-state index contributed by atoms with van der Waals surface area (Å²) in [6.45, 7) is 11.0. The van der Waals surface area contributed by atoms with E-state index in [9.17, 15) is 0 Å². The molecule has 3 rings (SSSR count). The van der Waals surface area contributed by atoms with Crippen LogP contribution in [0.1, 0.15) is 55.7 Å². The third kappa shape index (κ3) is 3.98. The van der Waals surface area contributed by atoms with Crippen molar-refractivity contribution in [3.05, 3.63) is 51.7 Å². The van der Waals surface area contributed by atoms with Gasteiger partial charge in [-0.1, -0.05) is 49.9 Å². The van der Waals surface area contributed by atoms with Crippen molar-refractivity contribution in [2.45, 2.75) is 57.5 Å². The molecule has 25 heavy (non-hydrogen) atoms. The molecular formula is C20H25N3S2. The summed E-state index contributed by atoms with van der Waals surface area (Å²) in [5, 5.41) is 12.2. The lowest BCUT2D eigenvalue weighted by atomic mass is 10.1. The molecule has 3 aromatic rings. The van der Waals surface area contributed by atoms with Crippen LogP contribution in [0.3, 0.4) is 0 Å². The maximum atomic E-state index is 4.51. The van der Waals surface area contributed by atoms with Crippen molar-refractivity contribution in [1.82, 2.24) is 14.8 Å². The molecule has 5 heteroatoms. The quantitative estimate of drug-likeness (QED) is 0.476. The number of aromatic nitrogens is 3. The monoisotopic (exact) mass is 371 g/mol. The molecule has 0 fully saturated rings. The normalized spacial score (nSPS) is 11.6. The highest BCUT2D eigenvalue weighted by Gasteiger charge is 2.18. The van der Waals surface area contributed by atoms with Gasteiger partial charge in [0.1, 0.15) is 0 Å². The molecule has 0 aliphatic carbocycles. The lowest BCUT2D eigenvalue weighted by Crippen LogP contribution is -2.05. The average Bonchev–Trinajstić information content (AvgIpc) is 3.20. The highest BCUT2D eigenvalue weighted by Crippen LogP contribution is 2.33. The molecule has 0 unspecified atom stereocenters. The zero-order valence-electron chi connectivity index (χ0n) is 15.5. The highest BCUT2D eigenvalue weighted by atomic mass is 32.2. The number of thioether (sulfide) groups is 1. The summed E-state index contributed by atoms with van der Waals surface area (Å²) in [5.41, 5.74) is 3.85. The van der Waals surface area contributed by atoms with E-state index in [-0.39, 0.29) is 0 Å². The predicted octanol–water partition coefficient (Wildman–Crippen LogP) is 6.31. The fourth-order valence-electron chi connectivity index (χ4n) is 2.72. The minimum Gasteiger partial charge on any atom is -0.299 e. The van der Waals surface area contributed by atoms with E-state index in [0.29, 0.717) is 12.0 Å². The Hall–Kier alpha value is -1.59. The topological polar surface area (TPSA) is 30.7 Å². The minimum absolute atomic E-state index is 0.326. The van der Waals surface area contributed by atoms with Gasteiger partial charge in [0.2, 0.25) is 0 Å². The van der Waals surface area contributed by atoms with E-state index in [4.69, 9.17) is 0 Å². The van der Waals surface area contributed by atoms with E-state index in [2.05, 4.69) is 85.1 Å². The van der Waals surface area contributed by atoms with E-state index in [1.54, 1.807) is 23.1 Å². The molecule has 0 aliphatic heterocycles. The van der Waals surface area contributed by atoms with Crippen molar-refractivity contribution < 1.29 is 0 Å². The molecule has 2 heterocycles. The molecule has 0 atom stereocenters. The largest absolute Gasteiger partial charge is 0.299 e. The Morgan fingerprint density at radius 2 is 1.88 bits per heavy atom. The highest BCUT2D eigenvalue weighted by molar-refractivity contribution is 7.98. The molecule has 0 saturated carbocycles. The van der Waals surface area contributed by atoms with E-state index in [1.807, 2.05) is 0 Å². The lowest BCUT2D eigenvalue weighted by Gasteiger charge is -2.13. The number of hydrogen-bond acceptors (Lipinski definition) is 4. The first-order valence-corrected chi connectivity index (χ1v) is 10.5. The van der Waals surface area contributed by atoms with Gasteiger partial charge in [0.05, 0.1) is 0 Å². The third-order valence-electron chi connectivity index (χ3n) is 4.25. The molecular weight excluding hydrogens is 346 g/mol. The Kier molecular flexibility index (Phi) is 5.64. The molecule has 0 aliphatic rings. The molecule has 2 aromatic heterocycles. The zero-order chi connectivity index (χ0) is 18.0. The molecule has 0 spiro atoms. The number of rotatable bonds is 6. The first-order chi connectivity index (χ1) is 12.0. The third-order valence-corrected chi connectivity index (χ3v) is 6.47. The fourth-order valence-corrected chi connectivity index (χ4v) is 4.77. The first-order valence-electron chi connectivity index (χ1n) is 8.68. The number of nitrogens with zero attached hydrogens (tertiary/aromatic N) is 3. The van der Waals surface area contributed by atoms with E-state index >= 15 is 0 Å². The van der Waals surface area contributed by atoms with Crippen molar-refractivity contribution in [2.75, 3.05) is 0 Å². The molecule has 0 saturated heterocycles. The summed E-state index contributed by atoms with van der Waals surface area (Å²) >= 11 is 3.57. The Labute approximate surface area is 158 Å². The molecule has 3 nitrogen and oxygen atoms in total. The average molecular weight is 372 g/mol. The SMILES string of the molecule is Cc1ccccc1CSc1nnc(-c2csc(C(C)C)c2)n1C(C)C. The van der Waals surface area contributed by atoms with Gasteiger partial charge in [0.15, 0.2) is 11.0 Å². The Morgan fingerprint density at radius 3 is 2.52 bits per heavy atom. The first kappa shape index (κ1) is 18.2. The van der Waals surface area contributed by atoms with Gasteiger partial charge in [-0.15, -0.1) is 21.5 Å². The van der Waals surface area contributed by atoms with Crippen LogP contribution in [0.5, 0.6) is 0 Å². The van der Waals surface area contributed by atoms with Crippen molar-refractivity contribution in [1.29, 1.82) is 0 Å². The van der Waals surface area contributed by atoms with Crippen molar-refractivity contribution in [3.8, 4) is 11.4 Å². The Balaban J connectivity index is 1.88. The van der Waals surface area contributed by atoms with E-state index in [1.165, 1.54) is 21.6 Å². The standard InChI is InChI=1S/C20H25N3S2/c1-13(2)18-10-17(12-24-18)19-21-22-20(23(19)14(3)4)25-11-16-9-7-6-8-15(16)5/h6-10,12-14H,11H2,1-5H3. The lowest BCUT2D eigenvalue weighted by molar-refractivity contribution is 0.555. The molecule has 1 aromatic carbocycles. The van der Waals surface area contributed by atoms with Crippen LogP contribution < -0.4 is 0 Å². The molecule has 0 N–H and O–H groups in total. The van der Waals surface area contributed by atoms with Crippen molar-refractivity contribution >= 4 is 23.1 Å². The van der Waals surface area contributed by atoms with Gasteiger partial charge in [-0.3, -0.25) is 4.57 Å². The van der Waals surface area contributed by atoms with Gasteiger partial charge in [0.25, 0.3) is 0 Å². The van der Waals surface area contributed by atoms with Crippen LogP contribution in [0.25, 0.3) is 11.4 Å². The van der Waals surface area contributed by atoms with Gasteiger partial charge in [0, 0.05) is 27.6 Å². The van der Waals surface area contributed by atoms with Crippen LogP contribution in [0.4, 0.5) is 0 Å². The summed E-state index contributed by atoms with van der Waals surface area (Å²) in [6.07, 6.45) is 0. The van der Waals surface area contributed by atoms with Gasteiger partial charge in [-0.25, -0.2) is 0 Å². The smallest absolute Gasteiger partial charge is 0.192 e. The predicted molar refractivity (Wildman–Crippen MR) is 109 cm³/mol. The summed E-state index contributed by atoms with van der Waals surface area (Å²) in [6, 6.07) is 11.1. The van der Waals surface area contributed by atoms with E-state index in [0.717, 1.165) is 16.7 Å². The zero-order valence-corrected chi connectivity index (χ0v) is 17.1. The van der Waals surface area contributed by atoms with Crippen LogP contribution >= 0.6 is 23.1 Å². The van der Waals surface area contributed by atoms with Gasteiger partial charge >= 0.3 is 0 Å². The summed E-state index contributed by atoms with van der Waals surface area (Å²) < 4.78 is 2.26. The van der Waals surface area contributed by atoms with Gasteiger partial charge < -0.3 is 0 Å². The maximum Gasteiger partial charge on any atom is 0.192 e. The molecule has 0 bridgehead atoms. The molecule has 0 radical (unpaired) electrons. The second kappa shape index (κ2) is 7.75. The van der Waals surface area contributed by atoms with Crippen molar-refractivity contribution in [3.63, 3.8) is 0 Å². The van der Waals surface area contributed by atoms with Crippen LogP contribution in [0, 0.1) is 6.92 Å². The second-order valence-corrected chi connectivity index (χ2v) is 8.76. The summed E-state index contributed by atoms with van der Waals surface area (Å²) in [4.78, 5) is 1.39. The van der Waals surface area contributed by atoms with Crippen LogP contribution in [-0.4, -0.2) is 14.8 Å². The molecule has 132 valence electrons. The number of benzene rings is 1. The van der Waals surface area contributed by atoms with Crippen molar-refractivity contribution in [2.24, 2.45) is 0 Å². The molecule has 0 amide bonds. The number of hydrogen-bond donors (Lipinski definition) is 0. The van der Waals surface area contributed by atoms with E-state index < -0.39 is 0 Å². The Morgan fingerprint density at radius 1 is 1.12 bits per heavy atom. The van der Waals surface area contributed by atoms with Crippen LogP contribution in [0.2, 0.25) is 0 Å². The van der Waals surface area contributed by atoms with Crippen LogP contribution in [0.15, 0.2) is 40.9 Å². The van der Waals surface area contributed by atoms with Crippen LogP contribution in [-0.2, 0) is 5.75 Å². The Bertz CT molecular complexity index is 846. The van der Waals surface area contributed by atoms with Gasteiger partial charge in [-0.05, 0) is 43.9 Å². The summed E-state index contributed by atoms with van der Waals surface area (Å²) in [7, 11) is 0. The number of thiophene rings is 1.